The molecular weight excluding hydrogens is 284 g/mol. The van der Waals surface area contributed by atoms with E-state index in [0.717, 1.165) is 6.42 Å². The number of esters is 1. The highest BCUT2D eigenvalue weighted by atomic mass is 16.6. The molecule has 1 aliphatic rings. The molecule has 0 radical (unpaired) electrons. The second-order valence-corrected chi connectivity index (χ2v) is 6.53. The number of aromatic nitrogens is 2. The van der Waals surface area contributed by atoms with Gasteiger partial charge in [0.15, 0.2) is 5.60 Å². The van der Waals surface area contributed by atoms with Crippen molar-refractivity contribution in [3.63, 3.8) is 0 Å². The molecular formula is C15H24N4O3. The lowest BCUT2D eigenvalue weighted by Crippen LogP contribution is -2.48. The SMILES string of the molecule is Cc1nc(N)cc(NCC2(C(=O)OC(C)(C)C)CCCO2)n1. The summed E-state index contributed by atoms with van der Waals surface area (Å²) in [5.74, 6) is 1.18. The molecule has 22 heavy (non-hydrogen) atoms. The van der Waals surface area contributed by atoms with Crippen molar-refractivity contribution in [2.45, 2.75) is 51.7 Å². The molecule has 1 atom stereocenters. The number of nitrogens with one attached hydrogen (secondary N) is 1. The van der Waals surface area contributed by atoms with E-state index >= 15 is 0 Å². The van der Waals surface area contributed by atoms with E-state index in [1.54, 1.807) is 13.0 Å². The minimum Gasteiger partial charge on any atom is -0.458 e. The minimum atomic E-state index is -0.971. The monoisotopic (exact) mass is 308 g/mol. The first kappa shape index (κ1) is 16.5. The van der Waals surface area contributed by atoms with Gasteiger partial charge in [-0.05, 0) is 40.5 Å². The highest BCUT2D eigenvalue weighted by Gasteiger charge is 2.45. The van der Waals surface area contributed by atoms with E-state index in [1.165, 1.54) is 0 Å². The van der Waals surface area contributed by atoms with Gasteiger partial charge in [-0.3, -0.25) is 0 Å². The number of rotatable bonds is 4. The molecule has 1 fully saturated rings. The molecule has 0 aromatic carbocycles. The van der Waals surface area contributed by atoms with Gasteiger partial charge in [0.2, 0.25) is 0 Å². The molecule has 1 unspecified atom stereocenters. The Bertz CT molecular complexity index is 528. The molecule has 2 heterocycles. The largest absolute Gasteiger partial charge is 0.458 e. The van der Waals surface area contributed by atoms with Crippen LogP contribution in [0.4, 0.5) is 11.6 Å². The fraction of sp³-hybridized carbons (Fsp3) is 0.667. The molecule has 3 N–H and O–H groups in total. The normalized spacial score (nSPS) is 21.6. The Morgan fingerprint density at radius 1 is 1.50 bits per heavy atom. The van der Waals surface area contributed by atoms with E-state index in [0.29, 0.717) is 30.5 Å². The zero-order valence-electron chi connectivity index (χ0n) is 13.6. The molecule has 7 heteroatoms. The van der Waals surface area contributed by atoms with Gasteiger partial charge in [-0.1, -0.05) is 0 Å². The number of aryl methyl sites for hydroxylation is 1. The smallest absolute Gasteiger partial charge is 0.340 e. The number of ether oxygens (including phenoxy) is 2. The van der Waals surface area contributed by atoms with Gasteiger partial charge in [0.25, 0.3) is 0 Å². The van der Waals surface area contributed by atoms with Crippen molar-refractivity contribution in [2.75, 3.05) is 24.2 Å². The third kappa shape index (κ3) is 4.07. The molecule has 0 bridgehead atoms. The Morgan fingerprint density at radius 3 is 2.77 bits per heavy atom. The Morgan fingerprint density at radius 2 is 2.23 bits per heavy atom. The van der Waals surface area contributed by atoms with Crippen molar-refractivity contribution in [1.29, 1.82) is 0 Å². The maximum atomic E-state index is 12.5. The summed E-state index contributed by atoms with van der Waals surface area (Å²) >= 11 is 0. The molecule has 2 rings (SSSR count). The fourth-order valence-corrected chi connectivity index (χ4v) is 2.36. The lowest BCUT2D eigenvalue weighted by molar-refractivity contribution is -0.177. The highest BCUT2D eigenvalue weighted by Crippen LogP contribution is 2.29. The topological polar surface area (TPSA) is 99.4 Å². The first-order valence-electron chi connectivity index (χ1n) is 7.43. The first-order valence-corrected chi connectivity index (χ1v) is 7.43. The number of hydrogen-bond donors (Lipinski definition) is 2. The lowest BCUT2D eigenvalue weighted by atomic mass is 9.99. The van der Waals surface area contributed by atoms with Crippen LogP contribution in [0.15, 0.2) is 6.07 Å². The van der Waals surface area contributed by atoms with E-state index in [4.69, 9.17) is 15.2 Å². The second-order valence-electron chi connectivity index (χ2n) is 6.53. The van der Waals surface area contributed by atoms with E-state index in [1.807, 2.05) is 20.8 Å². The summed E-state index contributed by atoms with van der Waals surface area (Å²) in [6.45, 7) is 8.13. The average molecular weight is 308 g/mol. The summed E-state index contributed by atoms with van der Waals surface area (Å²) < 4.78 is 11.2. The summed E-state index contributed by atoms with van der Waals surface area (Å²) in [6, 6.07) is 1.63. The molecule has 1 aliphatic heterocycles. The van der Waals surface area contributed by atoms with Gasteiger partial charge in [0.05, 0.1) is 6.54 Å². The molecule has 1 saturated heterocycles. The lowest BCUT2D eigenvalue weighted by Gasteiger charge is -2.30. The molecule has 122 valence electrons. The van der Waals surface area contributed by atoms with Gasteiger partial charge in [-0.2, -0.15) is 0 Å². The third-order valence-electron chi connectivity index (χ3n) is 3.29. The fourth-order valence-electron chi connectivity index (χ4n) is 2.36. The third-order valence-corrected chi connectivity index (χ3v) is 3.29. The molecule has 1 aromatic rings. The van der Waals surface area contributed by atoms with Crippen LogP contribution in [0, 0.1) is 6.92 Å². The van der Waals surface area contributed by atoms with E-state index < -0.39 is 11.2 Å². The summed E-state index contributed by atoms with van der Waals surface area (Å²) in [4.78, 5) is 20.8. The molecule has 0 amide bonds. The number of carbonyl (C=O) groups is 1. The van der Waals surface area contributed by atoms with Gasteiger partial charge >= 0.3 is 5.97 Å². The van der Waals surface area contributed by atoms with Crippen LogP contribution in [0.3, 0.4) is 0 Å². The minimum absolute atomic E-state index is 0.289. The van der Waals surface area contributed by atoms with Crippen LogP contribution in [0.1, 0.15) is 39.4 Å². The van der Waals surface area contributed by atoms with Gasteiger partial charge < -0.3 is 20.5 Å². The maximum absolute atomic E-state index is 12.5. The maximum Gasteiger partial charge on any atom is 0.340 e. The van der Waals surface area contributed by atoms with Crippen molar-refractivity contribution < 1.29 is 14.3 Å². The Hall–Kier alpha value is -1.89. The average Bonchev–Trinajstić information content (AvgIpc) is 2.83. The quantitative estimate of drug-likeness (QED) is 0.816. The Labute approximate surface area is 130 Å². The number of hydrogen-bond acceptors (Lipinski definition) is 7. The second kappa shape index (κ2) is 6.08. The highest BCUT2D eigenvalue weighted by molar-refractivity contribution is 5.81. The predicted molar refractivity (Wildman–Crippen MR) is 83.4 cm³/mol. The van der Waals surface area contributed by atoms with Crippen LogP contribution in [-0.4, -0.2) is 40.3 Å². The van der Waals surface area contributed by atoms with E-state index in [9.17, 15) is 4.79 Å². The van der Waals surface area contributed by atoms with Gasteiger partial charge in [0, 0.05) is 12.7 Å². The Balaban J connectivity index is 2.10. The molecule has 7 nitrogen and oxygen atoms in total. The Kier molecular flexibility index (Phi) is 4.55. The van der Waals surface area contributed by atoms with Crippen LogP contribution >= 0.6 is 0 Å². The molecule has 0 aliphatic carbocycles. The first-order chi connectivity index (χ1) is 10.2. The van der Waals surface area contributed by atoms with Crippen molar-refractivity contribution in [3.8, 4) is 0 Å². The van der Waals surface area contributed by atoms with Crippen LogP contribution in [-0.2, 0) is 14.3 Å². The van der Waals surface area contributed by atoms with Crippen LogP contribution in [0.2, 0.25) is 0 Å². The van der Waals surface area contributed by atoms with E-state index in [-0.39, 0.29) is 12.5 Å². The molecule has 1 aromatic heterocycles. The summed E-state index contributed by atoms with van der Waals surface area (Å²) in [5, 5.41) is 3.12. The number of nitrogens with two attached hydrogens (primary N) is 1. The van der Waals surface area contributed by atoms with Crippen LogP contribution in [0.25, 0.3) is 0 Å². The standard InChI is InChI=1S/C15H24N4O3/c1-10-18-11(16)8-12(19-10)17-9-15(6-5-7-21-15)13(20)22-14(2,3)4/h8H,5-7,9H2,1-4H3,(H3,16,17,18,19). The van der Waals surface area contributed by atoms with Gasteiger partial charge in [0.1, 0.15) is 23.1 Å². The van der Waals surface area contributed by atoms with Crippen LogP contribution < -0.4 is 11.1 Å². The number of nitrogens with zero attached hydrogens (tertiary/aromatic N) is 2. The number of nitrogen functional groups attached to an aromatic ring is 1. The molecule has 0 saturated carbocycles. The number of carbonyl (C=O) groups excluding carboxylic acids is 1. The zero-order valence-corrected chi connectivity index (χ0v) is 13.6. The summed E-state index contributed by atoms with van der Waals surface area (Å²) in [7, 11) is 0. The predicted octanol–water partition coefficient (Wildman–Crippen LogP) is 1.67. The van der Waals surface area contributed by atoms with Crippen molar-refractivity contribution >= 4 is 17.6 Å². The van der Waals surface area contributed by atoms with Gasteiger partial charge in [-0.25, -0.2) is 14.8 Å². The van der Waals surface area contributed by atoms with Crippen molar-refractivity contribution in [2.24, 2.45) is 0 Å². The van der Waals surface area contributed by atoms with Crippen molar-refractivity contribution in [1.82, 2.24) is 9.97 Å². The zero-order chi connectivity index (χ0) is 16.4. The van der Waals surface area contributed by atoms with Crippen molar-refractivity contribution in [3.05, 3.63) is 11.9 Å². The van der Waals surface area contributed by atoms with Crippen LogP contribution in [0.5, 0.6) is 0 Å². The number of anilines is 2. The summed E-state index contributed by atoms with van der Waals surface area (Å²) in [6.07, 6.45) is 1.44. The van der Waals surface area contributed by atoms with E-state index in [2.05, 4.69) is 15.3 Å². The summed E-state index contributed by atoms with van der Waals surface area (Å²) in [5.41, 5.74) is 4.18. The van der Waals surface area contributed by atoms with Gasteiger partial charge in [-0.15, -0.1) is 0 Å². The molecule has 0 spiro atoms.